The van der Waals surface area contributed by atoms with Crippen LogP contribution >= 0.6 is 15.9 Å². The molecule has 2 aromatic carbocycles. The molecule has 0 unspecified atom stereocenters. The predicted molar refractivity (Wildman–Crippen MR) is 92.5 cm³/mol. The summed E-state index contributed by atoms with van der Waals surface area (Å²) in [6, 6.07) is 13.0. The van der Waals surface area contributed by atoms with Gasteiger partial charge in [0.2, 0.25) is 0 Å². The molecule has 0 aliphatic carbocycles. The van der Waals surface area contributed by atoms with E-state index in [1.165, 1.54) is 6.08 Å². The first-order valence-electron chi connectivity index (χ1n) is 6.94. The van der Waals surface area contributed by atoms with Crippen LogP contribution in [0.25, 0.3) is 6.08 Å². The number of methoxy groups -OCH3 is 2. The lowest BCUT2D eigenvalue weighted by atomic mass is 10.2. The molecule has 0 atom stereocenters. The highest BCUT2D eigenvalue weighted by Crippen LogP contribution is 2.25. The average Bonchev–Trinajstić information content (AvgIpc) is 2.58. The number of hydrogen-bond acceptors (Lipinski definition) is 4. The molecular weight excluding hydrogens is 360 g/mol. The maximum absolute atomic E-state index is 11.8. The molecule has 23 heavy (non-hydrogen) atoms. The molecule has 2 aromatic rings. The third kappa shape index (κ3) is 4.86. The highest BCUT2D eigenvalue weighted by Gasteiger charge is 2.04. The van der Waals surface area contributed by atoms with Gasteiger partial charge in [-0.3, -0.25) is 0 Å². The van der Waals surface area contributed by atoms with Crippen molar-refractivity contribution in [2.45, 2.75) is 6.61 Å². The second-order valence-corrected chi connectivity index (χ2v) is 5.51. The predicted octanol–water partition coefficient (Wildman–Crippen LogP) is 4.22. The fourth-order valence-corrected chi connectivity index (χ4v) is 2.55. The molecule has 0 spiro atoms. The maximum Gasteiger partial charge on any atom is 0.331 e. The van der Waals surface area contributed by atoms with E-state index in [2.05, 4.69) is 15.9 Å². The van der Waals surface area contributed by atoms with Crippen molar-refractivity contribution < 1.29 is 19.0 Å². The van der Waals surface area contributed by atoms with Gasteiger partial charge in [-0.25, -0.2) is 4.79 Å². The lowest BCUT2D eigenvalue weighted by Gasteiger charge is -2.07. The molecule has 0 radical (unpaired) electrons. The first kappa shape index (κ1) is 17.1. The number of para-hydroxylation sites is 1. The molecule has 0 bridgehead atoms. The van der Waals surface area contributed by atoms with Gasteiger partial charge in [-0.2, -0.15) is 0 Å². The summed E-state index contributed by atoms with van der Waals surface area (Å²) in [5, 5.41) is 0. The quantitative estimate of drug-likeness (QED) is 0.559. The zero-order valence-electron chi connectivity index (χ0n) is 12.9. The van der Waals surface area contributed by atoms with Crippen molar-refractivity contribution in [3.63, 3.8) is 0 Å². The smallest absolute Gasteiger partial charge is 0.331 e. The highest BCUT2D eigenvalue weighted by atomic mass is 79.9. The van der Waals surface area contributed by atoms with Crippen LogP contribution in [0.5, 0.6) is 11.5 Å². The topological polar surface area (TPSA) is 44.8 Å². The van der Waals surface area contributed by atoms with E-state index in [0.717, 1.165) is 21.3 Å². The Bertz CT molecular complexity index is 710. The van der Waals surface area contributed by atoms with Crippen molar-refractivity contribution >= 4 is 28.0 Å². The fourth-order valence-electron chi connectivity index (χ4n) is 1.96. The Hall–Kier alpha value is -2.27. The van der Waals surface area contributed by atoms with E-state index >= 15 is 0 Å². The summed E-state index contributed by atoms with van der Waals surface area (Å²) in [6.07, 6.45) is 3.06. The van der Waals surface area contributed by atoms with Crippen LogP contribution in [0.15, 0.2) is 53.0 Å². The van der Waals surface area contributed by atoms with Crippen molar-refractivity contribution in [2.24, 2.45) is 0 Å². The Morgan fingerprint density at radius 1 is 1.09 bits per heavy atom. The van der Waals surface area contributed by atoms with E-state index < -0.39 is 5.97 Å². The molecule has 0 aliphatic heterocycles. The van der Waals surface area contributed by atoms with E-state index in [4.69, 9.17) is 14.2 Å². The summed E-state index contributed by atoms with van der Waals surface area (Å²) in [7, 11) is 3.19. The molecule has 0 heterocycles. The van der Waals surface area contributed by atoms with Crippen LogP contribution in [0.4, 0.5) is 0 Å². The van der Waals surface area contributed by atoms with E-state index in [1.54, 1.807) is 20.3 Å². The molecule has 0 saturated heterocycles. The number of ether oxygens (including phenoxy) is 3. The Kier molecular flexibility index (Phi) is 6.23. The third-order valence-corrected chi connectivity index (χ3v) is 3.75. The van der Waals surface area contributed by atoms with Gasteiger partial charge in [-0.15, -0.1) is 0 Å². The SMILES string of the molecule is COc1ccc(COC(=O)/C=C/c2ccccc2OC)cc1Br. The molecule has 0 saturated carbocycles. The lowest BCUT2D eigenvalue weighted by Crippen LogP contribution is -2.01. The summed E-state index contributed by atoms with van der Waals surface area (Å²) in [6.45, 7) is 0.192. The van der Waals surface area contributed by atoms with Gasteiger partial charge in [-0.05, 0) is 45.8 Å². The molecule has 2 rings (SSSR count). The van der Waals surface area contributed by atoms with Crippen molar-refractivity contribution in [3.8, 4) is 11.5 Å². The van der Waals surface area contributed by atoms with Crippen molar-refractivity contribution in [3.05, 3.63) is 64.1 Å². The Morgan fingerprint density at radius 2 is 1.83 bits per heavy atom. The molecule has 0 N–H and O–H groups in total. The number of benzene rings is 2. The lowest BCUT2D eigenvalue weighted by molar-refractivity contribution is -0.138. The number of esters is 1. The van der Waals surface area contributed by atoms with Crippen molar-refractivity contribution in [1.82, 2.24) is 0 Å². The van der Waals surface area contributed by atoms with Crippen LogP contribution < -0.4 is 9.47 Å². The summed E-state index contributed by atoms with van der Waals surface area (Å²) in [5.41, 5.74) is 1.69. The third-order valence-electron chi connectivity index (χ3n) is 3.14. The summed E-state index contributed by atoms with van der Waals surface area (Å²) >= 11 is 3.40. The molecule has 0 amide bonds. The van der Waals surface area contributed by atoms with Gasteiger partial charge in [0.15, 0.2) is 0 Å². The molecule has 0 aromatic heterocycles. The van der Waals surface area contributed by atoms with E-state index in [9.17, 15) is 4.79 Å². The average molecular weight is 377 g/mol. The van der Waals surface area contributed by atoms with E-state index in [1.807, 2.05) is 42.5 Å². The summed E-state index contributed by atoms with van der Waals surface area (Å²) in [5.74, 6) is 1.02. The molecule has 4 nitrogen and oxygen atoms in total. The number of halogens is 1. The van der Waals surface area contributed by atoms with E-state index in [0.29, 0.717) is 5.75 Å². The number of carbonyl (C=O) groups is 1. The molecule has 0 aliphatic rings. The van der Waals surface area contributed by atoms with Crippen molar-refractivity contribution in [1.29, 1.82) is 0 Å². The molecular formula is C18H17BrO4. The monoisotopic (exact) mass is 376 g/mol. The van der Waals surface area contributed by atoms with Crippen LogP contribution in [0, 0.1) is 0 Å². The summed E-state index contributed by atoms with van der Waals surface area (Å²) < 4.78 is 16.4. The minimum absolute atomic E-state index is 0.192. The minimum atomic E-state index is -0.414. The molecule has 120 valence electrons. The zero-order valence-corrected chi connectivity index (χ0v) is 14.5. The number of hydrogen-bond donors (Lipinski definition) is 0. The van der Waals surface area contributed by atoms with Crippen LogP contribution in [0.3, 0.4) is 0 Å². The van der Waals surface area contributed by atoms with E-state index in [-0.39, 0.29) is 6.61 Å². The number of carbonyl (C=O) groups excluding carboxylic acids is 1. The fraction of sp³-hybridized carbons (Fsp3) is 0.167. The Morgan fingerprint density at radius 3 is 2.52 bits per heavy atom. The normalized spacial score (nSPS) is 10.6. The van der Waals surface area contributed by atoms with Crippen LogP contribution in [-0.4, -0.2) is 20.2 Å². The van der Waals surface area contributed by atoms with Gasteiger partial charge in [0.05, 0.1) is 18.7 Å². The number of rotatable bonds is 6. The standard InChI is InChI=1S/C18H17BrO4/c1-21-16-6-4-3-5-14(16)8-10-18(20)23-12-13-7-9-17(22-2)15(19)11-13/h3-11H,12H2,1-2H3/b10-8+. The first-order chi connectivity index (χ1) is 11.1. The van der Waals surface area contributed by atoms with Crippen LogP contribution in [0.2, 0.25) is 0 Å². The van der Waals surface area contributed by atoms with Gasteiger partial charge in [0, 0.05) is 11.6 Å². The first-order valence-corrected chi connectivity index (χ1v) is 7.73. The second kappa shape index (κ2) is 8.39. The minimum Gasteiger partial charge on any atom is -0.496 e. The molecule has 5 heteroatoms. The van der Waals surface area contributed by atoms with Crippen LogP contribution in [0.1, 0.15) is 11.1 Å². The second-order valence-electron chi connectivity index (χ2n) is 4.65. The maximum atomic E-state index is 11.8. The Labute approximate surface area is 143 Å². The largest absolute Gasteiger partial charge is 0.496 e. The zero-order chi connectivity index (χ0) is 16.7. The van der Waals surface area contributed by atoms with Gasteiger partial charge in [0.1, 0.15) is 18.1 Å². The molecule has 0 fully saturated rings. The van der Waals surface area contributed by atoms with Gasteiger partial charge >= 0.3 is 5.97 Å². The summed E-state index contributed by atoms with van der Waals surface area (Å²) in [4.78, 5) is 11.8. The van der Waals surface area contributed by atoms with Gasteiger partial charge < -0.3 is 14.2 Å². The Balaban J connectivity index is 1.95. The van der Waals surface area contributed by atoms with Crippen LogP contribution in [-0.2, 0) is 16.1 Å². The highest BCUT2D eigenvalue weighted by molar-refractivity contribution is 9.10. The van der Waals surface area contributed by atoms with Gasteiger partial charge in [0.25, 0.3) is 0 Å². The van der Waals surface area contributed by atoms with Gasteiger partial charge in [-0.1, -0.05) is 24.3 Å². The van der Waals surface area contributed by atoms with Crippen molar-refractivity contribution in [2.75, 3.05) is 14.2 Å².